The van der Waals surface area contributed by atoms with E-state index in [1.165, 1.54) is 16.0 Å². The summed E-state index contributed by atoms with van der Waals surface area (Å²) in [6.07, 6.45) is 7.68. The number of benzene rings is 1. The highest BCUT2D eigenvalue weighted by Gasteiger charge is 2.52. The second-order valence-electron chi connectivity index (χ2n) is 8.52. The van der Waals surface area contributed by atoms with Crippen molar-refractivity contribution in [3.63, 3.8) is 0 Å². The maximum Gasteiger partial charge on any atom is 0.407 e. The Labute approximate surface area is 170 Å². The zero-order chi connectivity index (χ0) is 19.8. The molecule has 152 valence electrons. The summed E-state index contributed by atoms with van der Waals surface area (Å²) in [5.41, 5.74) is 3.46. The minimum Gasteiger partial charge on any atom is -0.465 e. The number of rotatable bonds is 3. The van der Waals surface area contributed by atoms with Crippen LogP contribution >= 0.6 is 0 Å². The molecule has 0 radical (unpaired) electrons. The Kier molecular flexibility index (Phi) is 4.72. The van der Waals surface area contributed by atoms with Crippen LogP contribution in [0.4, 0.5) is 4.79 Å². The van der Waals surface area contributed by atoms with Gasteiger partial charge in [-0.05, 0) is 49.4 Å². The number of likely N-dealkylation sites (tertiary alicyclic amines) is 2. The van der Waals surface area contributed by atoms with Crippen LogP contribution in [0.1, 0.15) is 30.7 Å². The van der Waals surface area contributed by atoms with Crippen molar-refractivity contribution >= 4 is 6.09 Å². The first-order valence-electron chi connectivity index (χ1n) is 10.3. The molecule has 4 heterocycles. The highest BCUT2D eigenvalue weighted by atomic mass is 16.5. The van der Waals surface area contributed by atoms with Crippen LogP contribution in [0.5, 0.6) is 0 Å². The molecule has 5 rings (SSSR count). The molecule has 1 atom stereocenters. The van der Waals surface area contributed by atoms with Crippen molar-refractivity contribution in [2.24, 2.45) is 0 Å². The highest BCUT2D eigenvalue weighted by Crippen LogP contribution is 2.40. The van der Waals surface area contributed by atoms with Crippen molar-refractivity contribution in [1.29, 1.82) is 0 Å². The average Bonchev–Trinajstić information content (AvgIpc) is 3.19. The molecule has 29 heavy (non-hydrogen) atoms. The summed E-state index contributed by atoms with van der Waals surface area (Å²) in [7, 11) is 0. The summed E-state index contributed by atoms with van der Waals surface area (Å²) in [5, 5.41) is 9.09. The predicted octanol–water partition coefficient (Wildman–Crippen LogP) is 2.84. The Balaban J connectivity index is 1.22. The number of hydrogen-bond acceptors (Lipinski definition) is 5. The molecule has 3 fully saturated rings. The van der Waals surface area contributed by atoms with Gasteiger partial charge in [-0.2, -0.15) is 0 Å². The van der Waals surface area contributed by atoms with Crippen molar-refractivity contribution in [3.05, 3.63) is 48.5 Å². The van der Waals surface area contributed by atoms with Crippen LogP contribution in [0.2, 0.25) is 0 Å². The summed E-state index contributed by atoms with van der Waals surface area (Å²) < 4.78 is 6.05. The molecule has 2 aromatic rings. The van der Waals surface area contributed by atoms with Gasteiger partial charge < -0.3 is 14.7 Å². The fourth-order valence-corrected chi connectivity index (χ4v) is 5.19. The van der Waals surface area contributed by atoms with E-state index >= 15 is 0 Å². The average molecular weight is 394 g/mol. The molecule has 3 aliphatic rings. The lowest BCUT2D eigenvalue weighted by Gasteiger charge is -2.45. The van der Waals surface area contributed by atoms with E-state index in [0.29, 0.717) is 25.0 Å². The molecule has 7 nitrogen and oxygen atoms in total. The van der Waals surface area contributed by atoms with Gasteiger partial charge in [0.2, 0.25) is 0 Å². The van der Waals surface area contributed by atoms with Crippen LogP contribution in [0, 0.1) is 0 Å². The van der Waals surface area contributed by atoms with E-state index in [9.17, 15) is 4.79 Å². The van der Waals surface area contributed by atoms with E-state index in [1.54, 1.807) is 6.33 Å². The number of amides is 1. The summed E-state index contributed by atoms with van der Waals surface area (Å²) in [6, 6.07) is 9.01. The van der Waals surface area contributed by atoms with Gasteiger partial charge >= 0.3 is 6.09 Å². The monoisotopic (exact) mass is 394 g/mol. The standard InChI is InChI=1S/C22H26N4O3/c27-21(28)26-13-22(14-26)9-18(12-29-22)25-7-5-16(6-8-25)19-3-1-2-4-20(19)17-10-23-15-24-11-17/h1-4,10-11,15-16,18H,5-9,12-14H2,(H,27,28)/t18-/m0/s1. The maximum absolute atomic E-state index is 11.1. The molecule has 1 amide bonds. The van der Waals surface area contributed by atoms with Gasteiger partial charge in [-0.15, -0.1) is 0 Å². The first kappa shape index (κ1) is 18.5. The lowest BCUT2D eigenvalue weighted by molar-refractivity contribution is -0.0982. The summed E-state index contributed by atoms with van der Waals surface area (Å²) in [4.78, 5) is 23.4. The van der Waals surface area contributed by atoms with Gasteiger partial charge in [0.25, 0.3) is 0 Å². The fraction of sp³-hybridized carbons (Fsp3) is 0.500. The Morgan fingerprint density at radius 1 is 1.14 bits per heavy atom. The summed E-state index contributed by atoms with van der Waals surface area (Å²) in [6.45, 7) is 3.85. The van der Waals surface area contributed by atoms with Crippen molar-refractivity contribution < 1.29 is 14.6 Å². The van der Waals surface area contributed by atoms with E-state index in [1.807, 2.05) is 12.4 Å². The third-order valence-corrected chi connectivity index (χ3v) is 6.74. The predicted molar refractivity (Wildman–Crippen MR) is 108 cm³/mol. The van der Waals surface area contributed by atoms with Gasteiger partial charge in [-0.25, -0.2) is 14.8 Å². The van der Waals surface area contributed by atoms with Crippen LogP contribution in [0.15, 0.2) is 43.0 Å². The largest absolute Gasteiger partial charge is 0.465 e. The second-order valence-corrected chi connectivity index (χ2v) is 8.52. The molecule has 0 unspecified atom stereocenters. The molecule has 1 N–H and O–H groups in total. The molecule has 0 aliphatic carbocycles. The zero-order valence-electron chi connectivity index (χ0n) is 16.4. The summed E-state index contributed by atoms with van der Waals surface area (Å²) in [5.74, 6) is 0.533. The number of carbonyl (C=O) groups is 1. The SMILES string of the molecule is O=C(O)N1CC2(C[C@H](N3CCC(c4ccccc4-c4cncnc4)CC3)CO2)C1. The number of ether oxygens (including phenoxy) is 1. The number of aromatic nitrogens is 2. The van der Waals surface area contributed by atoms with Crippen LogP contribution in [0.3, 0.4) is 0 Å². The molecule has 0 saturated carbocycles. The third-order valence-electron chi connectivity index (χ3n) is 6.74. The first-order valence-corrected chi connectivity index (χ1v) is 10.3. The Bertz CT molecular complexity index is 877. The minimum absolute atomic E-state index is 0.236. The van der Waals surface area contributed by atoms with Crippen LogP contribution in [0.25, 0.3) is 11.1 Å². The Hall–Kier alpha value is -2.51. The molecule has 1 aromatic carbocycles. The van der Waals surface area contributed by atoms with Gasteiger partial charge in [-0.1, -0.05) is 24.3 Å². The van der Waals surface area contributed by atoms with Crippen LogP contribution in [-0.2, 0) is 4.74 Å². The molecular weight excluding hydrogens is 368 g/mol. The van der Waals surface area contributed by atoms with Crippen molar-refractivity contribution in [2.75, 3.05) is 32.8 Å². The van der Waals surface area contributed by atoms with E-state index in [0.717, 1.165) is 44.5 Å². The van der Waals surface area contributed by atoms with Gasteiger partial charge in [0.1, 0.15) is 11.9 Å². The number of hydrogen-bond donors (Lipinski definition) is 1. The highest BCUT2D eigenvalue weighted by molar-refractivity contribution is 5.67. The molecular formula is C22H26N4O3. The van der Waals surface area contributed by atoms with Gasteiger partial charge in [0.15, 0.2) is 0 Å². The second kappa shape index (κ2) is 7.39. The lowest BCUT2D eigenvalue weighted by Crippen LogP contribution is -2.63. The Morgan fingerprint density at radius 2 is 1.86 bits per heavy atom. The molecule has 3 aliphatic heterocycles. The quantitative estimate of drug-likeness (QED) is 0.862. The zero-order valence-corrected chi connectivity index (χ0v) is 16.4. The van der Waals surface area contributed by atoms with E-state index in [4.69, 9.17) is 9.84 Å². The van der Waals surface area contributed by atoms with Gasteiger partial charge in [-0.3, -0.25) is 4.90 Å². The van der Waals surface area contributed by atoms with Crippen LogP contribution in [-0.4, -0.2) is 75.4 Å². The third kappa shape index (κ3) is 3.49. The molecule has 3 saturated heterocycles. The van der Waals surface area contributed by atoms with E-state index in [2.05, 4.69) is 39.1 Å². The number of nitrogens with zero attached hydrogens (tertiary/aromatic N) is 4. The van der Waals surface area contributed by atoms with Gasteiger partial charge in [0, 0.05) is 24.0 Å². The van der Waals surface area contributed by atoms with Crippen molar-refractivity contribution in [1.82, 2.24) is 19.8 Å². The maximum atomic E-state index is 11.1. The van der Waals surface area contributed by atoms with E-state index < -0.39 is 6.09 Å². The fourth-order valence-electron chi connectivity index (χ4n) is 5.19. The lowest BCUT2D eigenvalue weighted by atomic mass is 9.84. The summed E-state index contributed by atoms with van der Waals surface area (Å²) >= 11 is 0. The first-order chi connectivity index (χ1) is 14.1. The van der Waals surface area contributed by atoms with Gasteiger partial charge in [0.05, 0.1) is 19.7 Å². The smallest absolute Gasteiger partial charge is 0.407 e. The minimum atomic E-state index is -0.842. The molecule has 7 heteroatoms. The number of piperidine rings is 1. The van der Waals surface area contributed by atoms with Crippen molar-refractivity contribution in [3.8, 4) is 11.1 Å². The number of carboxylic acid groups (broad SMARTS) is 1. The molecule has 1 spiro atoms. The normalized spacial score (nSPS) is 24.6. The molecule has 0 bridgehead atoms. The van der Waals surface area contributed by atoms with Crippen LogP contribution < -0.4 is 0 Å². The Morgan fingerprint density at radius 3 is 2.59 bits per heavy atom. The molecule has 1 aromatic heterocycles. The van der Waals surface area contributed by atoms with Crippen molar-refractivity contribution in [2.45, 2.75) is 36.8 Å². The van der Waals surface area contributed by atoms with E-state index in [-0.39, 0.29) is 5.60 Å². The topological polar surface area (TPSA) is 78.8 Å².